The van der Waals surface area contributed by atoms with Gasteiger partial charge in [-0.05, 0) is 40.6 Å². The number of aryl methyl sites for hydroxylation is 1. The Kier molecular flexibility index (Phi) is 6.00. The van der Waals surface area contributed by atoms with Crippen molar-refractivity contribution in [2.75, 3.05) is 18.1 Å². The number of aromatic nitrogens is 2. The highest BCUT2D eigenvalue weighted by Crippen LogP contribution is 2.35. The molecule has 1 aromatic heterocycles. The summed E-state index contributed by atoms with van der Waals surface area (Å²) in [5.74, 6) is 1.24. The van der Waals surface area contributed by atoms with E-state index in [-0.39, 0.29) is 24.3 Å². The molecule has 0 fully saturated rings. The van der Waals surface area contributed by atoms with Crippen molar-refractivity contribution in [3.05, 3.63) is 33.0 Å². The van der Waals surface area contributed by atoms with Crippen molar-refractivity contribution in [1.82, 2.24) is 9.97 Å². The van der Waals surface area contributed by atoms with Gasteiger partial charge in [0.15, 0.2) is 11.6 Å². The molecule has 0 aliphatic rings. The zero-order chi connectivity index (χ0) is 17.0. The first-order valence-electron chi connectivity index (χ1n) is 7.45. The van der Waals surface area contributed by atoms with Crippen LogP contribution in [0, 0.1) is 3.57 Å². The maximum absolute atomic E-state index is 9.54. The third-order valence-electron chi connectivity index (χ3n) is 3.52. The monoisotopic (exact) mass is 428 g/mol. The number of ether oxygens (including phenoxy) is 1. The predicted octanol–water partition coefficient (Wildman–Crippen LogP) is 3.09. The molecular weight excluding hydrogens is 407 g/mol. The molecule has 6 nitrogen and oxygen atoms in total. The summed E-state index contributed by atoms with van der Waals surface area (Å²) >= 11 is 2.29. The summed E-state index contributed by atoms with van der Waals surface area (Å²) in [4.78, 5) is 7.81. The number of rotatable bonds is 6. The molecule has 1 atom stereocenters. The number of anilines is 2. The first kappa shape index (κ1) is 17.7. The van der Waals surface area contributed by atoms with Crippen molar-refractivity contribution in [3.8, 4) is 11.5 Å². The van der Waals surface area contributed by atoms with Gasteiger partial charge in [0.05, 0.1) is 6.20 Å². The number of aliphatic hydroxyl groups is 1. The lowest BCUT2D eigenvalue weighted by molar-refractivity contribution is 0.271. The molecule has 0 bridgehead atoms. The second kappa shape index (κ2) is 7.78. The van der Waals surface area contributed by atoms with Gasteiger partial charge in [-0.1, -0.05) is 26.3 Å². The van der Waals surface area contributed by atoms with Gasteiger partial charge in [-0.3, -0.25) is 0 Å². The topological polar surface area (TPSA) is 107 Å². The van der Waals surface area contributed by atoms with E-state index >= 15 is 0 Å². The molecule has 0 spiro atoms. The minimum absolute atomic E-state index is 0.0379. The highest BCUT2D eigenvalue weighted by atomic mass is 127. The van der Waals surface area contributed by atoms with Crippen LogP contribution >= 0.6 is 22.6 Å². The highest BCUT2D eigenvalue weighted by molar-refractivity contribution is 14.1. The summed E-state index contributed by atoms with van der Waals surface area (Å²) in [6.07, 6.45) is 3.50. The van der Waals surface area contributed by atoms with E-state index < -0.39 is 0 Å². The molecule has 1 heterocycles. The lowest BCUT2D eigenvalue weighted by Gasteiger charge is -2.18. The van der Waals surface area contributed by atoms with Crippen LogP contribution in [-0.4, -0.2) is 21.7 Å². The fourth-order valence-corrected chi connectivity index (χ4v) is 2.96. The minimum atomic E-state index is -0.0477. The smallest absolute Gasteiger partial charge is 0.222 e. The van der Waals surface area contributed by atoms with Crippen molar-refractivity contribution >= 4 is 34.4 Å². The first-order valence-corrected chi connectivity index (χ1v) is 8.53. The molecule has 1 unspecified atom stereocenters. The van der Waals surface area contributed by atoms with Crippen LogP contribution in [0.3, 0.4) is 0 Å². The summed E-state index contributed by atoms with van der Waals surface area (Å²) in [6, 6.07) is 4.05. The van der Waals surface area contributed by atoms with E-state index in [4.69, 9.17) is 16.2 Å². The van der Waals surface area contributed by atoms with Crippen LogP contribution in [0.4, 0.5) is 11.8 Å². The molecular formula is C16H21IN4O2. The fraction of sp³-hybridized carbons (Fsp3) is 0.375. The van der Waals surface area contributed by atoms with Crippen molar-refractivity contribution in [2.45, 2.75) is 32.6 Å². The van der Waals surface area contributed by atoms with E-state index in [9.17, 15) is 5.11 Å². The Labute approximate surface area is 149 Å². The molecule has 0 aliphatic carbocycles. The predicted molar refractivity (Wildman–Crippen MR) is 99.6 cm³/mol. The molecule has 2 rings (SSSR count). The Hall–Kier alpha value is -1.61. The number of nitrogens with zero attached hydrogens (tertiary/aromatic N) is 2. The zero-order valence-electron chi connectivity index (χ0n) is 13.2. The summed E-state index contributed by atoms with van der Waals surface area (Å²) in [5, 5.41) is 9.54. The molecule has 23 heavy (non-hydrogen) atoms. The molecule has 0 radical (unpaired) electrons. The normalized spacial score (nSPS) is 12.2. The summed E-state index contributed by atoms with van der Waals surface area (Å²) in [6.45, 7) is 4.13. The molecule has 0 amide bonds. The molecule has 0 aliphatic heterocycles. The van der Waals surface area contributed by atoms with Crippen LogP contribution < -0.4 is 16.2 Å². The van der Waals surface area contributed by atoms with Gasteiger partial charge in [-0.2, -0.15) is 4.98 Å². The van der Waals surface area contributed by atoms with Gasteiger partial charge < -0.3 is 21.3 Å². The van der Waals surface area contributed by atoms with Crippen LogP contribution in [0.25, 0.3) is 0 Å². The average Bonchev–Trinajstić information content (AvgIpc) is 2.52. The first-order chi connectivity index (χ1) is 11.0. The van der Waals surface area contributed by atoms with Crippen LogP contribution in [0.2, 0.25) is 0 Å². The van der Waals surface area contributed by atoms with Crippen LogP contribution in [0.15, 0.2) is 18.3 Å². The number of hydrogen-bond acceptors (Lipinski definition) is 6. The van der Waals surface area contributed by atoms with E-state index in [1.54, 1.807) is 0 Å². The molecule has 1 aromatic carbocycles. The Morgan fingerprint density at radius 1 is 1.30 bits per heavy atom. The Bertz CT molecular complexity index is 694. The van der Waals surface area contributed by atoms with Gasteiger partial charge in [-0.25, -0.2) is 4.98 Å². The minimum Gasteiger partial charge on any atom is -0.452 e. The summed E-state index contributed by atoms with van der Waals surface area (Å²) < 4.78 is 7.02. The highest BCUT2D eigenvalue weighted by Gasteiger charge is 2.16. The third kappa shape index (κ3) is 4.23. The zero-order valence-corrected chi connectivity index (χ0v) is 15.4. The van der Waals surface area contributed by atoms with Crippen LogP contribution in [0.5, 0.6) is 11.5 Å². The second-order valence-electron chi connectivity index (χ2n) is 5.39. The fourth-order valence-electron chi connectivity index (χ4n) is 2.25. The van der Waals surface area contributed by atoms with Crippen molar-refractivity contribution in [2.24, 2.45) is 0 Å². The number of aliphatic hydroxyl groups excluding tert-OH is 1. The van der Waals surface area contributed by atoms with Crippen molar-refractivity contribution in [3.63, 3.8) is 0 Å². The van der Waals surface area contributed by atoms with Gasteiger partial charge in [-0.15, -0.1) is 0 Å². The molecule has 0 saturated carbocycles. The van der Waals surface area contributed by atoms with E-state index in [1.807, 2.05) is 13.0 Å². The van der Waals surface area contributed by atoms with Gasteiger partial charge in [0.2, 0.25) is 5.95 Å². The third-order valence-corrected chi connectivity index (χ3v) is 4.53. The number of halogens is 1. The van der Waals surface area contributed by atoms with Gasteiger partial charge in [0.1, 0.15) is 5.75 Å². The van der Waals surface area contributed by atoms with Crippen molar-refractivity contribution < 1.29 is 9.84 Å². The molecule has 124 valence electrons. The van der Waals surface area contributed by atoms with Gasteiger partial charge in [0.25, 0.3) is 0 Å². The second-order valence-corrected chi connectivity index (χ2v) is 6.56. The Balaban J connectivity index is 2.45. The number of hydrogen-bond donors (Lipinski definition) is 3. The number of nitrogens with two attached hydrogens (primary N) is 2. The summed E-state index contributed by atoms with van der Waals surface area (Å²) in [7, 11) is 0. The number of benzene rings is 1. The standard InChI is InChI=1S/C16H21IN4O2/c1-3-4-10-5-11(9(2)8-22)13(6-12(10)17)23-14-7-20-16(19)21-15(14)18/h5-7,9,22H,3-4,8H2,1-2H3,(H4,18,19,20,21). The Morgan fingerprint density at radius 2 is 2.04 bits per heavy atom. The number of nitrogen functional groups attached to an aromatic ring is 2. The molecule has 5 N–H and O–H groups in total. The van der Waals surface area contributed by atoms with E-state index in [1.165, 1.54) is 11.8 Å². The summed E-state index contributed by atoms with van der Waals surface area (Å²) in [5.41, 5.74) is 13.5. The maximum Gasteiger partial charge on any atom is 0.222 e. The van der Waals surface area contributed by atoms with E-state index in [2.05, 4.69) is 45.5 Å². The quantitative estimate of drug-likeness (QED) is 0.611. The van der Waals surface area contributed by atoms with Crippen LogP contribution in [0.1, 0.15) is 37.3 Å². The largest absolute Gasteiger partial charge is 0.452 e. The van der Waals surface area contributed by atoms with E-state index in [0.717, 1.165) is 22.0 Å². The van der Waals surface area contributed by atoms with E-state index in [0.29, 0.717) is 11.5 Å². The molecule has 0 saturated heterocycles. The lowest BCUT2D eigenvalue weighted by atomic mass is 9.97. The molecule has 7 heteroatoms. The average molecular weight is 428 g/mol. The van der Waals surface area contributed by atoms with Crippen LogP contribution in [-0.2, 0) is 6.42 Å². The van der Waals surface area contributed by atoms with Crippen molar-refractivity contribution in [1.29, 1.82) is 0 Å². The Morgan fingerprint density at radius 3 is 2.65 bits per heavy atom. The SMILES string of the molecule is CCCc1cc(C(C)CO)c(Oc2cnc(N)nc2N)cc1I. The van der Waals surface area contributed by atoms with Gasteiger partial charge in [0, 0.05) is 21.7 Å². The molecule has 2 aromatic rings. The maximum atomic E-state index is 9.54. The van der Waals surface area contributed by atoms with Gasteiger partial charge >= 0.3 is 0 Å². The lowest BCUT2D eigenvalue weighted by Crippen LogP contribution is -2.06.